The molecule has 0 saturated heterocycles. The molecule has 0 aliphatic rings. The van der Waals surface area contributed by atoms with Crippen molar-refractivity contribution in [2.45, 2.75) is 25.9 Å². The summed E-state index contributed by atoms with van der Waals surface area (Å²) in [7, 11) is 0. The number of ether oxygens (including phenoxy) is 1. The molecule has 0 radical (unpaired) electrons. The summed E-state index contributed by atoms with van der Waals surface area (Å²) in [5.41, 5.74) is 0.965. The Morgan fingerprint density at radius 2 is 2.11 bits per heavy atom. The summed E-state index contributed by atoms with van der Waals surface area (Å²) in [6.45, 7) is 2.04. The van der Waals surface area contributed by atoms with Gasteiger partial charge in [0.2, 0.25) is 0 Å². The highest BCUT2D eigenvalue weighted by atomic mass is 127. The molecule has 1 unspecified atom stereocenters. The SMILES string of the molecule is CCOC(=O)CCc1ccc(I)cc1C(O)C(=O)O. The zero-order valence-corrected chi connectivity index (χ0v) is 12.6. The van der Waals surface area contributed by atoms with Gasteiger partial charge >= 0.3 is 11.9 Å². The number of carbonyl (C=O) groups is 2. The van der Waals surface area contributed by atoms with Gasteiger partial charge in [-0.15, -0.1) is 0 Å². The van der Waals surface area contributed by atoms with E-state index in [0.29, 0.717) is 24.2 Å². The third-order valence-corrected chi connectivity index (χ3v) is 3.21. The topological polar surface area (TPSA) is 83.8 Å². The fraction of sp³-hybridized carbons (Fsp3) is 0.385. The summed E-state index contributed by atoms with van der Waals surface area (Å²) >= 11 is 2.04. The van der Waals surface area contributed by atoms with Crippen molar-refractivity contribution in [1.29, 1.82) is 0 Å². The number of hydrogen-bond donors (Lipinski definition) is 2. The van der Waals surface area contributed by atoms with Crippen molar-refractivity contribution in [2.75, 3.05) is 6.61 Å². The van der Waals surface area contributed by atoms with E-state index >= 15 is 0 Å². The number of carboxylic acid groups (broad SMARTS) is 1. The van der Waals surface area contributed by atoms with Crippen LogP contribution in [0.1, 0.15) is 30.6 Å². The Labute approximate surface area is 124 Å². The summed E-state index contributed by atoms with van der Waals surface area (Å²) in [4.78, 5) is 22.2. The van der Waals surface area contributed by atoms with Crippen molar-refractivity contribution in [3.8, 4) is 0 Å². The van der Waals surface area contributed by atoms with Crippen LogP contribution in [0.3, 0.4) is 0 Å². The zero-order valence-electron chi connectivity index (χ0n) is 10.4. The Morgan fingerprint density at radius 3 is 2.68 bits per heavy atom. The summed E-state index contributed by atoms with van der Waals surface area (Å²) in [5.74, 6) is -1.64. The fourth-order valence-electron chi connectivity index (χ4n) is 1.65. The van der Waals surface area contributed by atoms with Gasteiger partial charge in [0, 0.05) is 9.99 Å². The molecule has 0 spiro atoms. The number of halogens is 1. The Hall–Kier alpha value is -1.15. The van der Waals surface area contributed by atoms with E-state index in [1.807, 2.05) is 22.6 Å². The first-order valence-corrected chi connectivity index (χ1v) is 6.88. The van der Waals surface area contributed by atoms with Crippen molar-refractivity contribution in [3.63, 3.8) is 0 Å². The van der Waals surface area contributed by atoms with Crippen LogP contribution >= 0.6 is 22.6 Å². The second kappa shape index (κ2) is 7.44. The largest absolute Gasteiger partial charge is 0.479 e. The van der Waals surface area contributed by atoms with Crippen LogP contribution in [0.4, 0.5) is 0 Å². The van der Waals surface area contributed by atoms with Gasteiger partial charge in [-0.3, -0.25) is 4.79 Å². The molecular formula is C13H15IO5. The lowest BCUT2D eigenvalue weighted by atomic mass is 9.99. The van der Waals surface area contributed by atoms with Crippen LogP contribution in [-0.2, 0) is 20.7 Å². The molecule has 0 fully saturated rings. The minimum absolute atomic E-state index is 0.160. The van der Waals surface area contributed by atoms with E-state index in [4.69, 9.17) is 9.84 Å². The van der Waals surface area contributed by atoms with Gasteiger partial charge < -0.3 is 14.9 Å². The van der Waals surface area contributed by atoms with Gasteiger partial charge in [0.1, 0.15) is 0 Å². The number of carboxylic acids is 1. The first kappa shape index (κ1) is 15.9. The monoisotopic (exact) mass is 378 g/mol. The Bertz CT molecular complexity index is 472. The van der Waals surface area contributed by atoms with Gasteiger partial charge in [0.15, 0.2) is 6.10 Å². The average molecular weight is 378 g/mol. The fourth-order valence-corrected chi connectivity index (χ4v) is 2.17. The third-order valence-electron chi connectivity index (χ3n) is 2.54. The van der Waals surface area contributed by atoms with Crippen LogP contribution in [0.2, 0.25) is 0 Å². The second-order valence-corrected chi connectivity index (χ2v) is 5.13. The normalized spacial score (nSPS) is 11.9. The number of aryl methyl sites for hydroxylation is 1. The molecule has 0 aliphatic carbocycles. The highest BCUT2D eigenvalue weighted by molar-refractivity contribution is 14.1. The van der Waals surface area contributed by atoms with E-state index in [9.17, 15) is 14.7 Å². The molecule has 104 valence electrons. The second-order valence-electron chi connectivity index (χ2n) is 3.89. The molecule has 2 N–H and O–H groups in total. The van der Waals surface area contributed by atoms with Crippen LogP contribution < -0.4 is 0 Å². The number of esters is 1. The highest BCUT2D eigenvalue weighted by Gasteiger charge is 2.20. The summed E-state index contributed by atoms with van der Waals surface area (Å²) in [6.07, 6.45) is -1.07. The maximum atomic E-state index is 11.3. The molecule has 1 rings (SSSR count). The summed E-state index contributed by atoms with van der Waals surface area (Å²) < 4.78 is 5.64. The van der Waals surface area contributed by atoms with Crippen molar-refractivity contribution in [1.82, 2.24) is 0 Å². The first-order valence-electron chi connectivity index (χ1n) is 5.80. The van der Waals surface area contributed by atoms with Gasteiger partial charge in [-0.2, -0.15) is 0 Å². The zero-order chi connectivity index (χ0) is 14.4. The Balaban J connectivity index is 2.88. The predicted octanol–water partition coefficient (Wildman–Crippen LogP) is 1.90. The number of aliphatic carboxylic acids is 1. The van der Waals surface area contributed by atoms with Crippen molar-refractivity contribution in [3.05, 3.63) is 32.9 Å². The number of rotatable bonds is 6. The van der Waals surface area contributed by atoms with Crippen molar-refractivity contribution >= 4 is 34.5 Å². The lowest BCUT2D eigenvalue weighted by Gasteiger charge is -2.12. The molecule has 0 aliphatic heterocycles. The van der Waals surface area contributed by atoms with E-state index in [0.717, 1.165) is 3.57 Å². The molecule has 1 atom stereocenters. The van der Waals surface area contributed by atoms with E-state index in [2.05, 4.69) is 0 Å². The standard InChI is InChI=1S/C13H15IO5/c1-2-19-11(15)6-4-8-3-5-9(14)7-10(8)12(16)13(17)18/h3,5,7,12,16H,2,4,6H2,1H3,(H,17,18). The summed E-state index contributed by atoms with van der Waals surface area (Å²) in [5, 5.41) is 18.5. The van der Waals surface area contributed by atoms with Crippen molar-refractivity contribution in [2.24, 2.45) is 0 Å². The van der Waals surface area contributed by atoms with E-state index in [1.165, 1.54) is 0 Å². The van der Waals surface area contributed by atoms with Gasteiger partial charge in [0.05, 0.1) is 6.61 Å². The van der Waals surface area contributed by atoms with Gasteiger partial charge in [-0.25, -0.2) is 4.79 Å². The highest BCUT2D eigenvalue weighted by Crippen LogP contribution is 2.22. The van der Waals surface area contributed by atoms with Crippen LogP contribution in [0, 0.1) is 3.57 Å². The molecule has 5 nitrogen and oxygen atoms in total. The molecular weight excluding hydrogens is 363 g/mol. The summed E-state index contributed by atoms with van der Waals surface area (Å²) in [6, 6.07) is 5.14. The minimum Gasteiger partial charge on any atom is -0.479 e. The Kier molecular flexibility index (Phi) is 6.23. The van der Waals surface area contributed by atoms with E-state index < -0.39 is 12.1 Å². The molecule has 0 aromatic heterocycles. The van der Waals surface area contributed by atoms with E-state index in [1.54, 1.807) is 25.1 Å². The van der Waals surface area contributed by atoms with Crippen LogP contribution in [0.5, 0.6) is 0 Å². The van der Waals surface area contributed by atoms with Gasteiger partial charge in [-0.1, -0.05) is 6.07 Å². The maximum absolute atomic E-state index is 11.3. The molecule has 0 heterocycles. The molecule has 1 aromatic carbocycles. The van der Waals surface area contributed by atoms with Gasteiger partial charge in [-0.05, 0) is 59.2 Å². The number of aliphatic hydroxyl groups excluding tert-OH is 1. The van der Waals surface area contributed by atoms with E-state index in [-0.39, 0.29) is 12.4 Å². The molecule has 19 heavy (non-hydrogen) atoms. The molecule has 0 amide bonds. The van der Waals surface area contributed by atoms with Crippen molar-refractivity contribution < 1.29 is 24.5 Å². The van der Waals surface area contributed by atoms with Crippen LogP contribution in [0.15, 0.2) is 18.2 Å². The lowest BCUT2D eigenvalue weighted by Crippen LogP contribution is -2.14. The quantitative estimate of drug-likeness (QED) is 0.584. The minimum atomic E-state index is -1.58. The number of aliphatic hydroxyl groups is 1. The predicted molar refractivity (Wildman–Crippen MR) is 76.7 cm³/mol. The number of carbonyl (C=O) groups excluding carboxylic acids is 1. The molecule has 6 heteroatoms. The number of hydrogen-bond acceptors (Lipinski definition) is 4. The smallest absolute Gasteiger partial charge is 0.337 e. The molecule has 0 saturated carbocycles. The van der Waals surface area contributed by atoms with Crippen LogP contribution in [0.25, 0.3) is 0 Å². The molecule has 1 aromatic rings. The molecule has 0 bridgehead atoms. The Morgan fingerprint density at radius 1 is 1.42 bits per heavy atom. The maximum Gasteiger partial charge on any atom is 0.337 e. The average Bonchev–Trinajstić information content (AvgIpc) is 2.36. The first-order chi connectivity index (χ1) is 8.95. The lowest BCUT2D eigenvalue weighted by molar-refractivity contribution is -0.147. The van der Waals surface area contributed by atoms with Gasteiger partial charge in [0.25, 0.3) is 0 Å². The van der Waals surface area contributed by atoms with Crippen LogP contribution in [-0.4, -0.2) is 28.8 Å². The number of benzene rings is 1. The third kappa shape index (κ3) is 4.79.